The largest absolute Gasteiger partial charge is 0.467 e. The lowest BCUT2D eigenvalue weighted by Gasteiger charge is -2.30. The number of carbonyl (C=O) groups excluding carboxylic acids is 1. The Morgan fingerprint density at radius 3 is 2.30 bits per heavy atom. The van der Waals surface area contributed by atoms with E-state index in [0.717, 1.165) is 12.1 Å². The highest BCUT2D eigenvalue weighted by molar-refractivity contribution is 5.80. The smallest absolute Gasteiger partial charge is 0.416 e. The van der Waals surface area contributed by atoms with Crippen molar-refractivity contribution in [3.63, 3.8) is 0 Å². The van der Waals surface area contributed by atoms with Gasteiger partial charge in [-0.05, 0) is 23.6 Å². The Balaban J connectivity index is 3.04. The van der Waals surface area contributed by atoms with Crippen LogP contribution in [0.25, 0.3) is 0 Å². The van der Waals surface area contributed by atoms with Crippen LogP contribution in [0.3, 0.4) is 0 Å². The van der Waals surface area contributed by atoms with Gasteiger partial charge in [0.05, 0.1) is 12.7 Å². The van der Waals surface area contributed by atoms with Gasteiger partial charge in [0.15, 0.2) is 0 Å². The molecule has 1 aromatic carbocycles. The molecule has 0 spiro atoms. The Morgan fingerprint density at radius 1 is 1.25 bits per heavy atom. The first kappa shape index (κ1) is 16.3. The van der Waals surface area contributed by atoms with E-state index < -0.39 is 29.2 Å². The standard InChI is InChI=1S/C14H18F3NO2/c1-13(2,3)11(12(19)20-4)18-10-7-5-6-9(8-10)14(15,16)17/h5-8,11,18H,1-4H3/t11-/m1/s1. The molecule has 112 valence electrons. The van der Waals surface area contributed by atoms with Gasteiger partial charge in [0.25, 0.3) is 0 Å². The molecule has 0 radical (unpaired) electrons. The normalized spacial score (nSPS) is 13.8. The van der Waals surface area contributed by atoms with Crippen LogP contribution >= 0.6 is 0 Å². The Morgan fingerprint density at radius 2 is 1.85 bits per heavy atom. The van der Waals surface area contributed by atoms with Crippen molar-refractivity contribution in [2.24, 2.45) is 5.41 Å². The number of ether oxygens (including phenoxy) is 1. The van der Waals surface area contributed by atoms with E-state index in [0.29, 0.717) is 0 Å². The molecule has 0 aliphatic rings. The van der Waals surface area contributed by atoms with Crippen LogP contribution in [0.5, 0.6) is 0 Å². The number of halogens is 3. The molecule has 0 unspecified atom stereocenters. The topological polar surface area (TPSA) is 38.3 Å². The molecular formula is C14H18F3NO2. The number of benzene rings is 1. The van der Waals surface area contributed by atoms with Crippen molar-refractivity contribution in [2.45, 2.75) is 33.0 Å². The molecule has 0 aliphatic heterocycles. The minimum atomic E-state index is -4.42. The molecule has 0 aromatic heterocycles. The van der Waals surface area contributed by atoms with Crippen LogP contribution in [-0.2, 0) is 15.7 Å². The molecule has 1 aromatic rings. The fourth-order valence-electron chi connectivity index (χ4n) is 1.70. The van der Waals surface area contributed by atoms with Gasteiger partial charge >= 0.3 is 12.1 Å². The highest BCUT2D eigenvalue weighted by Crippen LogP contribution is 2.32. The molecular weight excluding hydrogens is 271 g/mol. The minimum Gasteiger partial charge on any atom is -0.467 e. The molecule has 0 bridgehead atoms. The van der Waals surface area contributed by atoms with Gasteiger partial charge < -0.3 is 10.1 Å². The van der Waals surface area contributed by atoms with Crippen LogP contribution in [0.4, 0.5) is 18.9 Å². The van der Waals surface area contributed by atoms with E-state index in [2.05, 4.69) is 10.1 Å². The van der Waals surface area contributed by atoms with E-state index in [-0.39, 0.29) is 5.69 Å². The zero-order chi connectivity index (χ0) is 15.6. The SMILES string of the molecule is COC(=O)[C@@H](Nc1cccc(C(F)(F)F)c1)C(C)(C)C. The van der Waals surface area contributed by atoms with Crippen LogP contribution in [-0.4, -0.2) is 19.1 Å². The summed E-state index contributed by atoms with van der Waals surface area (Å²) in [5, 5.41) is 2.81. The zero-order valence-corrected chi connectivity index (χ0v) is 11.8. The third-order valence-electron chi connectivity index (χ3n) is 2.80. The molecule has 0 amide bonds. The maximum atomic E-state index is 12.6. The van der Waals surface area contributed by atoms with Crippen molar-refractivity contribution in [2.75, 3.05) is 12.4 Å². The number of anilines is 1. The number of alkyl halides is 3. The average Bonchev–Trinajstić information content (AvgIpc) is 2.33. The Labute approximate surface area is 116 Å². The second-order valence-corrected chi connectivity index (χ2v) is 5.55. The Bertz CT molecular complexity index is 478. The lowest BCUT2D eigenvalue weighted by Crippen LogP contribution is -2.41. The molecule has 1 atom stereocenters. The van der Waals surface area contributed by atoms with E-state index in [1.165, 1.54) is 19.2 Å². The van der Waals surface area contributed by atoms with E-state index in [1.54, 1.807) is 20.8 Å². The van der Waals surface area contributed by atoms with Crippen molar-refractivity contribution in [1.82, 2.24) is 0 Å². The number of rotatable bonds is 3. The summed E-state index contributed by atoms with van der Waals surface area (Å²) in [4.78, 5) is 11.7. The van der Waals surface area contributed by atoms with E-state index in [9.17, 15) is 18.0 Å². The minimum absolute atomic E-state index is 0.227. The summed E-state index contributed by atoms with van der Waals surface area (Å²) < 4.78 is 42.6. The molecule has 0 saturated carbocycles. The molecule has 0 fully saturated rings. The summed E-state index contributed by atoms with van der Waals surface area (Å²) >= 11 is 0. The number of methoxy groups -OCH3 is 1. The van der Waals surface area contributed by atoms with Gasteiger partial charge in [-0.2, -0.15) is 13.2 Å². The Kier molecular flexibility index (Phi) is 4.68. The Hall–Kier alpha value is -1.72. The number of hydrogen-bond donors (Lipinski definition) is 1. The third kappa shape index (κ3) is 4.15. The number of carbonyl (C=O) groups is 1. The molecule has 1 rings (SSSR count). The first-order valence-electron chi connectivity index (χ1n) is 6.07. The molecule has 3 nitrogen and oxygen atoms in total. The zero-order valence-electron chi connectivity index (χ0n) is 11.8. The lowest BCUT2D eigenvalue weighted by atomic mass is 9.86. The van der Waals surface area contributed by atoms with Crippen LogP contribution in [0, 0.1) is 5.41 Å². The van der Waals surface area contributed by atoms with E-state index >= 15 is 0 Å². The van der Waals surface area contributed by atoms with Crippen molar-refractivity contribution in [3.05, 3.63) is 29.8 Å². The quantitative estimate of drug-likeness (QED) is 0.862. The summed E-state index contributed by atoms with van der Waals surface area (Å²) in [6.07, 6.45) is -4.42. The first-order valence-corrected chi connectivity index (χ1v) is 6.07. The van der Waals surface area contributed by atoms with E-state index in [4.69, 9.17) is 0 Å². The van der Waals surface area contributed by atoms with Gasteiger partial charge in [-0.15, -0.1) is 0 Å². The summed E-state index contributed by atoms with van der Waals surface area (Å²) in [6.45, 7) is 5.40. The molecule has 1 N–H and O–H groups in total. The van der Waals surface area contributed by atoms with Crippen LogP contribution < -0.4 is 5.32 Å². The highest BCUT2D eigenvalue weighted by Gasteiger charge is 2.34. The number of hydrogen-bond acceptors (Lipinski definition) is 3. The summed E-state index contributed by atoms with van der Waals surface area (Å²) in [5.74, 6) is -0.519. The van der Waals surface area contributed by atoms with Gasteiger partial charge in [-0.25, -0.2) is 4.79 Å². The summed E-state index contributed by atoms with van der Waals surface area (Å²) in [6, 6.07) is 3.99. The maximum absolute atomic E-state index is 12.6. The van der Waals surface area contributed by atoms with Crippen LogP contribution in [0.1, 0.15) is 26.3 Å². The van der Waals surface area contributed by atoms with Gasteiger partial charge in [0.1, 0.15) is 6.04 Å². The van der Waals surface area contributed by atoms with Gasteiger partial charge in [-0.3, -0.25) is 0 Å². The molecule has 0 saturated heterocycles. The second-order valence-electron chi connectivity index (χ2n) is 5.55. The van der Waals surface area contributed by atoms with Crippen LogP contribution in [0.2, 0.25) is 0 Å². The predicted octanol–water partition coefficient (Wildman–Crippen LogP) is 3.71. The third-order valence-corrected chi connectivity index (χ3v) is 2.80. The fourth-order valence-corrected chi connectivity index (χ4v) is 1.70. The lowest BCUT2D eigenvalue weighted by molar-refractivity contribution is -0.143. The first-order chi connectivity index (χ1) is 9.05. The maximum Gasteiger partial charge on any atom is 0.416 e. The van der Waals surface area contributed by atoms with Crippen molar-refractivity contribution >= 4 is 11.7 Å². The second kappa shape index (κ2) is 5.73. The van der Waals surface area contributed by atoms with Gasteiger partial charge in [0, 0.05) is 5.69 Å². The van der Waals surface area contributed by atoms with E-state index in [1.807, 2.05) is 0 Å². The van der Waals surface area contributed by atoms with Gasteiger partial charge in [-0.1, -0.05) is 26.8 Å². The molecule has 6 heteroatoms. The summed E-state index contributed by atoms with van der Waals surface area (Å²) in [5.41, 5.74) is -1.04. The highest BCUT2D eigenvalue weighted by atomic mass is 19.4. The molecule has 20 heavy (non-hydrogen) atoms. The molecule has 0 aliphatic carbocycles. The van der Waals surface area contributed by atoms with Crippen molar-refractivity contribution in [3.8, 4) is 0 Å². The van der Waals surface area contributed by atoms with Gasteiger partial charge in [0.2, 0.25) is 0 Å². The van der Waals surface area contributed by atoms with Crippen molar-refractivity contribution < 1.29 is 22.7 Å². The van der Waals surface area contributed by atoms with Crippen molar-refractivity contribution in [1.29, 1.82) is 0 Å². The average molecular weight is 289 g/mol. The summed E-state index contributed by atoms with van der Waals surface area (Å²) in [7, 11) is 1.24. The number of esters is 1. The van der Waals surface area contributed by atoms with Crippen LogP contribution in [0.15, 0.2) is 24.3 Å². The molecule has 0 heterocycles. The fraction of sp³-hybridized carbons (Fsp3) is 0.500. The predicted molar refractivity (Wildman–Crippen MR) is 70.3 cm³/mol. The monoisotopic (exact) mass is 289 g/mol. The number of nitrogens with one attached hydrogen (secondary N) is 1.